The molecule has 0 spiro atoms. The minimum atomic E-state index is -0.0919. The summed E-state index contributed by atoms with van der Waals surface area (Å²) in [5.41, 5.74) is 0.0768. The van der Waals surface area contributed by atoms with Crippen LogP contribution in [-0.4, -0.2) is 43.6 Å². The molecule has 3 nitrogen and oxygen atoms in total. The van der Waals surface area contributed by atoms with Crippen molar-refractivity contribution in [3.8, 4) is 0 Å². The van der Waals surface area contributed by atoms with Gasteiger partial charge < -0.3 is 22.2 Å². The van der Waals surface area contributed by atoms with Gasteiger partial charge >= 0.3 is 0 Å². The van der Waals surface area contributed by atoms with Gasteiger partial charge in [-0.25, -0.2) is 0 Å². The summed E-state index contributed by atoms with van der Waals surface area (Å²) in [4.78, 5) is 11.2. The number of rotatable bonds is 6. The Kier molecular flexibility index (Phi) is 7.71. The van der Waals surface area contributed by atoms with Crippen molar-refractivity contribution in [2.24, 2.45) is 0 Å². The molecule has 0 radical (unpaired) electrons. The molecule has 0 aromatic heterocycles. The van der Waals surface area contributed by atoms with E-state index in [4.69, 9.17) is 0 Å². The Labute approximate surface area is 106 Å². The molecule has 0 aliphatic heterocycles. The van der Waals surface area contributed by atoms with Crippen LogP contribution in [0.25, 0.3) is 0 Å². The number of likely N-dealkylation sites (N-methyl/N-ethyl adjacent to an activating group) is 1. The van der Waals surface area contributed by atoms with Gasteiger partial charge in [-0.05, 0) is 13.0 Å². The predicted molar refractivity (Wildman–Crippen MR) is 64.6 cm³/mol. The minimum absolute atomic E-state index is 0. The van der Waals surface area contributed by atoms with Crippen LogP contribution < -0.4 is 17.7 Å². The lowest BCUT2D eigenvalue weighted by Gasteiger charge is -2.44. The number of halogens is 1. The van der Waals surface area contributed by atoms with E-state index in [9.17, 15) is 4.79 Å². The first-order valence-corrected chi connectivity index (χ1v) is 5.48. The van der Waals surface area contributed by atoms with Crippen molar-refractivity contribution in [1.29, 1.82) is 0 Å². The monoisotopic (exact) mass is 248 g/mol. The molecule has 0 heterocycles. The Balaban J connectivity index is 0. The Morgan fingerprint density at radius 2 is 1.94 bits per heavy atom. The molecule has 1 atom stereocenters. The van der Waals surface area contributed by atoms with Crippen LogP contribution in [0.15, 0.2) is 12.7 Å². The maximum absolute atomic E-state index is 11.2. The highest BCUT2D eigenvalue weighted by Crippen LogP contribution is 2.23. The number of nitrogens with zero attached hydrogens (tertiary/aromatic N) is 1. The van der Waals surface area contributed by atoms with Gasteiger partial charge in [0.25, 0.3) is 0 Å². The number of nitrogens with one attached hydrogen (secondary N) is 1. The molecule has 16 heavy (non-hydrogen) atoms. The summed E-state index contributed by atoms with van der Waals surface area (Å²) in [6.07, 6.45) is 3.53. The van der Waals surface area contributed by atoms with Gasteiger partial charge in [0.15, 0.2) is 0 Å². The highest BCUT2D eigenvalue weighted by atomic mass is 35.5. The van der Waals surface area contributed by atoms with Gasteiger partial charge in [0.2, 0.25) is 5.91 Å². The smallest absolute Gasteiger partial charge is 0.243 e. The van der Waals surface area contributed by atoms with Crippen LogP contribution in [0.4, 0.5) is 0 Å². The second-order valence-electron chi connectivity index (χ2n) is 5.18. The molecule has 1 amide bonds. The van der Waals surface area contributed by atoms with E-state index in [-0.39, 0.29) is 23.9 Å². The lowest BCUT2D eigenvalue weighted by atomic mass is 9.92. The zero-order chi connectivity index (χ0) is 12.1. The molecule has 0 saturated carbocycles. The number of amides is 1. The van der Waals surface area contributed by atoms with Crippen LogP contribution in [0.2, 0.25) is 0 Å². The Hall–Kier alpha value is -0.540. The number of carbonyl (C=O) groups excluding carboxylic acids is 1. The fourth-order valence-corrected chi connectivity index (χ4v) is 1.55. The van der Waals surface area contributed by atoms with Crippen molar-refractivity contribution < 1.29 is 21.7 Å². The molecule has 0 aliphatic rings. The molecule has 0 fully saturated rings. The average Bonchev–Trinajstić information content (AvgIpc) is 2.13. The van der Waals surface area contributed by atoms with Gasteiger partial charge in [-0.15, -0.1) is 0 Å². The fraction of sp³-hybridized carbons (Fsp3) is 0.750. The van der Waals surface area contributed by atoms with E-state index in [1.54, 1.807) is 0 Å². The first kappa shape index (κ1) is 17.8. The zero-order valence-corrected chi connectivity index (χ0v) is 11.9. The van der Waals surface area contributed by atoms with Crippen molar-refractivity contribution in [2.75, 3.05) is 27.7 Å². The van der Waals surface area contributed by atoms with Crippen molar-refractivity contribution in [2.45, 2.75) is 32.2 Å². The quantitative estimate of drug-likeness (QED) is 0.453. The van der Waals surface area contributed by atoms with Crippen LogP contribution >= 0.6 is 0 Å². The van der Waals surface area contributed by atoms with Crippen molar-refractivity contribution >= 4 is 5.91 Å². The number of hydrogen-bond acceptors (Lipinski definition) is 1. The molecular weight excluding hydrogens is 224 g/mol. The van der Waals surface area contributed by atoms with Crippen LogP contribution in [-0.2, 0) is 4.79 Å². The van der Waals surface area contributed by atoms with Gasteiger partial charge in [-0.1, -0.05) is 19.9 Å². The van der Waals surface area contributed by atoms with E-state index in [2.05, 4.69) is 46.9 Å². The Morgan fingerprint density at radius 3 is 2.25 bits per heavy atom. The number of carbonyl (C=O) groups is 1. The summed E-state index contributed by atoms with van der Waals surface area (Å²) >= 11 is 0. The second-order valence-corrected chi connectivity index (χ2v) is 5.18. The van der Waals surface area contributed by atoms with Gasteiger partial charge in [0.1, 0.15) is 5.54 Å². The van der Waals surface area contributed by atoms with E-state index in [0.29, 0.717) is 6.54 Å². The first-order chi connectivity index (χ1) is 6.77. The summed E-state index contributed by atoms with van der Waals surface area (Å²) in [5, 5.41) is 2.89. The molecular formula is C12H25ClN2O. The van der Waals surface area contributed by atoms with Gasteiger partial charge in [0, 0.05) is 6.42 Å². The van der Waals surface area contributed by atoms with E-state index in [1.165, 1.54) is 6.08 Å². The summed E-state index contributed by atoms with van der Waals surface area (Å²) in [5.74, 6) is -0.0919. The Bertz CT molecular complexity index is 236. The van der Waals surface area contributed by atoms with Crippen LogP contribution in [0, 0.1) is 0 Å². The van der Waals surface area contributed by atoms with Gasteiger partial charge in [0.05, 0.1) is 27.7 Å². The zero-order valence-electron chi connectivity index (χ0n) is 11.1. The van der Waals surface area contributed by atoms with E-state index < -0.39 is 0 Å². The van der Waals surface area contributed by atoms with E-state index >= 15 is 0 Å². The van der Waals surface area contributed by atoms with E-state index in [0.717, 1.165) is 17.3 Å². The summed E-state index contributed by atoms with van der Waals surface area (Å²) in [6, 6.07) is 0. The third-order valence-electron chi connectivity index (χ3n) is 3.24. The number of quaternary nitrogens is 1. The summed E-state index contributed by atoms with van der Waals surface area (Å²) < 4.78 is 0.845. The largest absolute Gasteiger partial charge is 1.00 e. The summed E-state index contributed by atoms with van der Waals surface area (Å²) in [7, 11) is 6.49. The number of hydrogen-bond donors (Lipinski definition) is 1. The molecule has 1 N–H and O–H groups in total. The topological polar surface area (TPSA) is 29.1 Å². The molecule has 4 heteroatoms. The van der Waals surface area contributed by atoms with Gasteiger partial charge in [-0.3, -0.25) is 4.79 Å². The van der Waals surface area contributed by atoms with Crippen molar-refractivity contribution in [1.82, 2.24) is 5.32 Å². The van der Waals surface area contributed by atoms with Crippen LogP contribution in [0.3, 0.4) is 0 Å². The average molecular weight is 249 g/mol. The molecule has 96 valence electrons. The molecule has 0 aromatic carbocycles. The second kappa shape index (κ2) is 6.92. The molecule has 0 rings (SSSR count). The van der Waals surface area contributed by atoms with Crippen LogP contribution in [0.1, 0.15) is 26.7 Å². The van der Waals surface area contributed by atoms with Crippen molar-refractivity contribution in [3.05, 3.63) is 12.7 Å². The van der Waals surface area contributed by atoms with Gasteiger partial charge in [-0.2, -0.15) is 0 Å². The predicted octanol–water partition coefficient (Wildman–Crippen LogP) is -1.44. The maximum atomic E-state index is 11.2. The molecule has 1 unspecified atom stereocenters. The third-order valence-corrected chi connectivity index (χ3v) is 3.24. The first-order valence-electron chi connectivity index (χ1n) is 5.48. The molecule has 0 aliphatic carbocycles. The standard InChI is InChI=1S/C12H24N2O.ClH/c1-7-9-12(3,14(4,5)6)10-13-11(15)8-2;/h8H,2,7,9-10H2,1,3-6H3;1H. The summed E-state index contributed by atoms with van der Waals surface area (Å²) in [6.45, 7) is 8.52. The lowest BCUT2D eigenvalue weighted by Crippen LogP contribution is -3.00. The maximum Gasteiger partial charge on any atom is 0.243 e. The van der Waals surface area contributed by atoms with Crippen LogP contribution in [0.5, 0.6) is 0 Å². The lowest BCUT2D eigenvalue weighted by molar-refractivity contribution is -0.920. The fourth-order valence-electron chi connectivity index (χ4n) is 1.55. The molecule has 0 aromatic rings. The molecule has 0 saturated heterocycles. The SMILES string of the molecule is C=CC(=O)NCC(C)(CCC)[N+](C)(C)C.[Cl-]. The Morgan fingerprint density at radius 1 is 1.44 bits per heavy atom. The van der Waals surface area contributed by atoms with Crippen molar-refractivity contribution in [3.63, 3.8) is 0 Å². The third kappa shape index (κ3) is 4.99. The highest BCUT2D eigenvalue weighted by Gasteiger charge is 2.37. The molecule has 0 bridgehead atoms. The normalized spacial score (nSPS) is 14.6. The van der Waals surface area contributed by atoms with E-state index in [1.807, 2.05) is 0 Å². The highest BCUT2D eigenvalue weighted by molar-refractivity contribution is 5.86. The minimum Gasteiger partial charge on any atom is -1.00 e.